The van der Waals surface area contributed by atoms with Gasteiger partial charge in [0.2, 0.25) is 0 Å². The Labute approximate surface area is 106 Å². The number of aliphatic hydroxyl groups is 1. The highest BCUT2D eigenvalue weighted by molar-refractivity contribution is 5.81. The van der Waals surface area contributed by atoms with Gasteiger partial charge in [0, 0.05) is 13.1 Å². The Hall–Kier alpha value is -1.43. The maximum absolute atomic E-state index is 12.0. The molecule has 0 aromatic heterocycles. The normalized spacial score (nSPS) is 21.3. The molecule has 0 saturated carbocycles. The third kappa shape index (κ3) is 3.29. The average molecular weight is 250 g/mol. The van der Waals surface area contributed by atoms with Crippen molar-refractivity contribution in [3.05, 3.63) is 35.9 Å². The summed E-state index contributed by atoms with van der Waals surface area (Å²) in [6.45, 7) is 1.69. The second kappa shape index (κ2) is 6.49. The van der Waals surface area contributed by atoms with Crippen LogP contribution in [-0.4, -0.2) is 43.4 Å². The highest BCUT2D eigenvalue weighted by Crippen LogP contribution is 2.12. The van der Waals surface area contributed by atoms with Crippen molar-refractivity contribution in [2.24, 2.45) is 0 Å². The highest BCUT2D eigenvalue weighted by atomic mass is 16.5. The zero-order valence-electron chi connectivity index (χ0n) is 10.1. The van der Waals surface area contributed by atoms with E-state index in [4.69, 9.17) is 4.74 Å². The minimum atomic E-state index is -0.475. The molecule has 0 aliphatic carbocycles. The number of carbonyl (C=O) groups excluding carboxylic acids is 1. The Bertz CT molecular complexity index is 377. The van der Waals surface area contributed by atoms with Crippen molar-refractivity contribution in [1.82, 2.24) is 10.6 Å². The van der Waals surface area contributed by atoms with Gasteiger partial charge in [-0.3, -0.25) is 4.79 Å². The van der Waals surface area contributed by atoms with Crippen molar-refractivity contribution in [3.63, 3.8) is 0 Å². The van der Waals surface area contributed by atoms with Gasteiger partial charge in [-0.2, -0.15) is 0 Å². The van der Waals surface area contributed by atoms with Crippen molar-refractivity contribution >= 4 is 5.91 Å². The van der Waals surface area contributed by atoms with Crippen LogP contribution in [0.4, 0.5) is 0 Å². The van der Waals surface area contributed by atoms with Crippen LogP contribution in [0.1, 0.15) is 11.6 Å². The van der Waals surface area contributed by atoms with Crippen LogP contribution in [-0.2, 0) is 9.53 Å². The van der Waals surface area contributed by atoms with Gasteiger partial charge >= 0.3 is 0 Å². The summed E-state index contributed by atoms with van der Waals surface area (Å²) in [5.74, 6) is -0.190. The topological polar surface area (TPSA) is 70.6 Å². The molecule has 5 heteroatoms. The second-order valence-corrected chi connectivity index (χ2v) is 4.22. The first-order valence-corrected chi connectivity index (χ1v) is 6.10. The lowest BCUT2D eigenvalue weighted by Crippen LogP contribution is -2.49. The lowest BCUT2D eigenvalue weighted by Gasteiger charge is -2.25. The van der Waals surface area contributed by atoms with Crippen LogP contribution in [0.2, 0.25) is 0 Å². The molecule has 1 aliphatic rings. The van der Waals surface area contributed by atoms with Crippen LogP contribution in [0.15, 0.2) is 30.3 Å². The zero-order chi connectivity index (χ0) is 12.8. The van der Waals surface area contributed by atoms with E-state index >= 15 is 0 Å². The molecule has 1 aromatic carbocycles. The quantitative estimate of drug-likeness (QED) is 0.693. The van der Waals surface area contributed by atoms with E-state index in [2.05, 4.69) is 10.6 Å². The van der Waals surface area contributed by atoms with Crippen LogP contribution in [0, 0.1) is 0 Å². The van der Waals surface area contributed by atoms with E-state index in [9.17, 15) is 9.90 Å². The third-order valence-corrected chi connectivity index (χ3v) is 2.92. The number of benzene rings is 1. The van der Waals surface area contributed by atoms with E-state index in [1.54, 1.807) is 0 Å². The fraction of sp³-hybridized carbons (Fsp3) is 0.462. The van der Waals surface area contributed by atoms with Crippen LogP contribution >= 0.6 is 0 Å². The van der Waals surface area contributed by atoms with Gasteiger partial charge in [-0.25, -0.2) is 0 Å². The summed E-state index contributed by atoms with van der Waals surface area (Å²) in [7, 11) is 0. The summed E-state index contributed by atoms with van der Waals surface area (Å²) in [4.78, 5) is 12.0. The van der Waals surface area contributed by atoms with Gasteiger partial charge in [-0.1, -0.05) is 30.3 Å². The van der Waals surface area contributed by atoms with E-state index in [1.165, 1.54) is 0 Å². The summed E-state index contributed by atoms with van der Waals surface area (Å²) >= 11 is 0. The Morgan fingerprint density at radius 3 is 2.89 bits per heavy atom. The molecule has 2 atom stereocenters. The maximum atomic E-state index is 12.0. The number of aliphatic hydroxyl groups excluding tert-OH is 1. The van der Waals surface area contributed by atoms with Crippen LogP contribution in [0.25, 0.3) is 0 Å². The zero-order valence-corrected chi connectivity index (χ0v) is 10.1. The first-order valence-electron chi connectivity index (χ1n) is 6.10. The van der Waals surface area contributed by atoms with Crippen molar-refractivity contribution in [3.8, 4) is 0 Å². The summed E-state index contributed by atoms with van der Waals surface area (Å²) < 4.78 is 5.36. The van der Waals surface area contributed by atoms with Gasteiger partial charge in [-0.15, -0.1) is 0 Å². The van der Waals surface area contributed by atoms with Gasteiger partial charge in [0.15, 0.2) is 0 Å². The Morgan fingerprint density at radius 1 is 1.50 bits per heavy atom. The molecule has 1 amide bonds. The predicted molar refractivity (Wildman–Crippen MR) is 67.0 cm³/mol. The van der Waals surface area contributed by atoms with E-state index < -0.39 is 6.10 Å². The molecule has 1 heterocycles. The van der Waals surface area contributed by atoms with Crippen LogP contribution in [0.5, 0.6) is 0 Å². The van der Waals surface area contributed by atoms with Crippen molar-refractivity contribution < 1.29 is 14.6 Å². The van der Waals surface area contributed by atoms with Gasteiger partial charge in [0.25, 0.3) is 5.91 Å². The molecule has 0 bridgehead atoms. The molecule has 3 N–H and O–H groups in total. The molecule has 1 aliphatic heterocycles. The lowest BCUT2D eigenvalue weighted by molar-refractivity contribution is -0.135. The first kappa shape index (κ1) is 13.0. The van der Waals surface area contributed by atoms with E-state index in [0.29, 0.717) is 13.2 Å². The van der Waals surface area contributed by atoms with Gasteiger partial charge in [0.05, 0.1) is 19.3 Å². The molecule has 0 spiro atoms. The van der Waals surface area contributed by atoms with Crippen LogP contribution < -0.4 is 10.6 Å². The Morgan fingerprint density at radius 2 is 2.28 bits per heavy atom. The molecular weight excluding hydrogens is 232 g/mol. The van der Waals surface area contributed by atoms with Crippen molar-refractivity contribution in [2.45, 2.75) is 12.1 Å². The number of hydrogen-bond acceptors (Lipinski definition) is 4. The van der Waals surface area contributed by atoms with E-state index in [1.807, 2.05) is 30.3 Å². The SMILES string of the molecule is O=C(N[C@H](CO)c1ccccc1)C1CNCCO1. The molecule has 98 valence electrons. The second-order valence-electron chi connectivity index (χ2n) is 4.22. The molecule has 18 heavy (non-hydrogen) atoms. The van der Waals surface area contributed by atoms with E-state index in [-0.39, 0.29) is 18.6 Å². The molecule has 1 unspecified atom stereocenters. The number of amides is 1. The predicted octanol–water partition coefficient (Wildman–Crippen LogP) is -0.175. The number of hydrogen-bond donors (Lipinski definition) is 3. The van der Waals surface area contributed by atoms with Gasteiger partial charge in [-0.05, 0) is 5.56 Å². The van der Waals surface area contributed by atoms with Crippen LogP contribution in [0.3, 0.4) is 0 Å². The minimum Gasteiger partial charge on any atom is -0.394 e. The molecule has 0 radical (unpaired) electrons. The summed E-state index contributed by atoms with van der Waals surface area (Å²) in [6, 6.07) is 9.02. The number of rotatable bonds is 4. The summed E-state index contributed by atoms with van der Waals surface area (Å²) in [5, 5.41) is 15.3. The monoisotopic (exact) mass is 250 g/mol. The fourth-order valence-corrected chi connectivity index (χ4v) is 1.92. The molecule has 1 saturated heterocycles. The Kier molecular flexibility index (Phi) is 4.69. The number of nitrogens with one attached hydrogen (secondary N) is 2. The highest BCUT2D eigenvalue weighted by Gasteiger charge is 2.24. The summed E-state index contributed by atoms with van der Waals surface area (Å²) in [6.07, 6.45) is -0.475. The molecule has 5 nitrogen and oxygen atoms in total. The standard InChI is InChI=1S/C13H18N2O3/c16-9-11(10-4-2-1-3-5-10)15-13(17)12-8-14-6-7-18-12/h1-5,11-12,14,16H,6-9H2,(H,15,17)/t11-,12?/m1/s1. The molecule has 1 fully saturated rings. The molecule has 2 rings (SSSR count). The maximum Gasteiger partial charge on any atom is 0.251 e. The largest absolute Gasteiger partial charge is 0.394 e. The van der Waals surface area contributed by atoms with Crippen molar-refractivity contribution in [1.29, 1.82) is 0 Å². The number of carbonyl (C=O) groups is 1. The minimum absolute atomic E-state index is 0.129. The fourth-order valence-electron chi connectivity index (χ4n) is 1.92. The van der Waals surface area contributed by atoms with Gasteiger partial charge in [0.1, 0.15) is 6.10 Å². The average Bonchev–Trinajstić information content (AvgIpc) is 2.46. The number of ether oxygens (including phenoxy) is 1. The Balaban J connectivity index is 1.95. The lowest BCUT2D eigenvalue weighted by atomic mass is 10.1. The molecular formula is C13H18N2O3. The smallest absolute Gasteiger partial charge is 0.251 e. The molecule has 1 aromatic rings. The van der Waals surface area contributed by atoms with Crippen molar-refractivity contribution in [2.75, 3.05) is 26.3 Å². The van der Waals surface area contributed by atoms with Gasteiger partial charge < -0.3 is 20.5 Å². The summed E-state index contributed by atoms with van der Waals surface area (Å²) in [5.41, 5.74) is 0.886. The number of morpholine rings is 1. The first-order chi connectivity index (χ1) is 8.81. The van der Waals surface area contributed by atoms with E-state index in [0.717, 1.165) is 12.1 Å². The third-order valence-electron chi connectivity index (χ3n) is 2.92.